The molecule has 0 radical (unpaired) electrons. The molecule has 1 aromatic rings. The molecule has 0 bridgehead atoms. The zero-order valence-electron chi connectivity index (χ0n) is 6.92. The zero-order chi connectivity index (χ0) is 10.0. The van der Waals surface area contributed by atoms with Crippen LogP contribution >= 0.6 is 15.9 Å². The van der Waals surface area contributed by atoms with E-state index < -0.39 is 17.7 Å². The summed E-state index contributed by atoms with van der Waals surface area (Å²) in [5, 5.41) is 8.71. The Labute approximate surface area is 83.5 Å². The Balaban J connectivity index is 3.12. The Morgan fingerprint density at radius 3 is 2.77 bits per heavy atom. The molecule has 0 saturated heterocycles. The molecule has 1 N–H and O–H groups in total. The molecule has 0 fully saturated rings. The van der Waals surface area contributed by atoms with Crippen molar-refractivity contribution < 1.29 is 14.3 Å². The minimum atomic E-state index is -0.966. The monoisotopic (exact) mass is 246 g/mol. The molecular formula is C9H8BrFO2. The van der Waals surface area contributed by atoms with Gasteiger partial charge in [0.1, 0.15) is 5.82 Å². The minimum Gasteiger partial charge on any atom is -0.481 e. The molecule has 4 heteroatoms. The molecule has 0 saturated carbocycles. The molecule has 13 heavy (non-hydrogen) atoms. The Bertz CT molecular complexity index is 338. The first kappa shape index (κ1) is 10.2. The lowest BCUT2D eigenvalue weighted by molar-refractivity contribution is -0.138. The minimum absolute atomic E-state index is 0.425. The van der Waals surface area contributed by atoms with Crippen molar-refractivity contribution in [1.82, 2.24) is 0 Å². The van der Waals surface area contributed by atoms with Gasteiger partial charge in [-0.3, -0.25) is 4.79 Å². The highest BCUT2D eigenvalue weighted by molar-refractivity contribution is 9.10. The summed E-state index contributed by atoms with van der Waals surface area (Å²) in [4.78, 5) is 10.6. The van der Waals surface area contributed by atoms with Crippen LogP contribution in [0.4, 0.5) is 4.39 Å². The van der Waals surface area contributed by atoms with Gasteiger partial charge in [-0.05, 0) is 30.7 Å². The first-order chi connectivity index (χ1) is 6.02. The van der Waals surface area contributed by atoms with Gasteiger partial charge in [0.25, 0.3) is 0 Å². The molecule has 2 nitrogen and oxygen atoms in total. The quantitative estimate of drug-likeness (QED) is 0.872. The summed E-state index contributed by atoms with van der Waals surface area (Å²) in [6.45, 7) is 1.52. The smallest absolute Gasteiger partial charge is 0.310 e. The summed E-state index contributed by atoms with van der Waals surface area (Å²) < 4.78 is 13.4. The molecule has 1 unspecified atom stereocenters. The van der Waals surface area contributed by atoms with Crippen LogP contribution in [0.5, 0.6) is 0 Å². The molecule has 1 atom stereocenters. The van der Waals surface area contributed by atoms with Gasteiger partial charge in [0.2, 0.25) is 0 Å². The van der Waals surface area contributed by atoms with Crippen LogP contribution in [-0.4, -0.2) is 11.1 Å². The lowest BCUT2D eigenvalue weighted by Gasteiger charge is -2.08. The number of rotatable bonds is 2. The molecule has 0 aliphatic rings. The van der Waals surface area contributed by atoms with Gasteiger partial charge in [-0.2, -0.15) is 0 Å². The molecule has 0 amide bonds. The van der Waals surface area contributed by atoms with E-state index in [0.29, 0.717) is 10.0 Å². The first-order valence-corrected chi connectivity index (χ1v) is 4.49. The summed E-state index contributed by atoms with van der Waals surface area (Å²) >= 11 is 3.17. The second-order valence-electron chi connectivity index (χ2n) is 2.73. The lowest BCUT2D eigenvalue weighted by Crippen LogP contribution is -2.08. The molecule has 0 aliphatic carbocycles. The number of carboxylic acids is 1. The maximum atomic E-state index is 12.8. The third kappa shape index (κ3) is 2.28. The zero-order valence-corrected chi connectivity index (χ0v) is 8.51. The summed E-state index contributed by atoms with van der Waals surface area (Å²) in [7, 11) is 0. The highest BCUT2D eigenvalue weighted by Crippen LogP contribution is 2.25. The number of hydrogen-bond donors (Lipinski definition) is 1. The van der Waals surface area contributed by atoms with Crippen molar-refractivity contribution in [2.24, 2.45) is 0 Å². The largest absolute Gasteiger partial charge is 0.481 e. The van der Waals surface area contributed by atoms with Crippen molar-refractivity contribution in [3.05, 3.63) is 34.1 Å². The van der Waals surface area contributed by atoms with E-state index in [1.165, 1.54) is 25.1 Å². The van der Waals surface area contributed by atoms with E-state index in [0.717, 1.165) is 0 Å². The van der Waals surface area contributed by atoms with Crippen LogP contribution in [0.3, 0.4) is 0 Å². The Kier molecular flexibility index (Phi) is 3.03. The SMILES string of the molecule is CC(C(=O)O)c1cc(F)ccc1Br. The van der Waals surface area contributed by atoms with Crippen LogP contribution < -0.4 is 0 Å². The second-order valence-corrected chi connectivity index (χ2v) is 3.58. The van der Waals surface area contributed by atoms with Crippen LogP contribution in [0.2, 0.25) is 0 Å². The molecule has 0 aromatic heterocycles. The highest BCUT2D eigenvalue weighted by atomic mass is 79.9. The van der Waals surface area contributed by atoms with Gasteiger partial charge in [0.05, 0.1) is 5.92 Å². The van der Waals surface area contributed by atoms with E-state index >= 15 is 0 Å². The molecule has 70 valence electrons. The van der Waals surface area contributed by atoms with Crippen LogP contribution in [0.15, 0.2) is 22.7 Å². The molecule has 0 aliphatic heterocycles. The molecule has 0 spiro atoms. The fraction of sp³-hybridized carbons (Fsp3) is 0.222. The predicted molar refractivity (Wildman–Crippen MR) is 50.2 cm³/mol. The fourth-order valence-electron chi connectivity index (χ4n) is 0.979. The van der Waals surface area contributed by atoms with Gasteiger partial charge in [0.15, 0.2) is 0 Å². The van der Waals surface area contributed by atoms with Gasteiger partial charge < -0.3 is 5.11 Å². The highest BCUT2D eigenvalue weighted by Gasteiger charge is 2.16. The van der Waals surface area contributed by atoms with E-state index in [1.54, 1.807) is 0 Å². The maximum absolute atomic E-state index is 12.8. The maximum Gasteiger partial charge on any atom is 0.310 e. The standard InChI is InChI=1S/C9H8BrFO2/c1-5(9(12)13)7-4-6(11)2-3-8(7)10/h2-5H,1H3,(H,12,13). The van der Waals surface area contributed by atoms with Crippen molar-refractivity contribution in [1.29, 1.82) is 0 Å². The average molecular weight is 247 g/mol. The van der Waals surface area contributed by atoms with E-state index in [2.05, 4.69) is 15.9 Å². The Morgan fingerprint density at radius 2 is 2.23 bits per heavy atom. The molecular weight excluding hydrogens is 239 g/mol. The molecule has 1 rings (SSSR count). The summed E-state index contributed by atoms with van der Waals surface area (Å²) in [5.41, 5.74) is 0.451. The van der Waals surface area contributed by atoms with E-state index in [4.69, 9.17) is 5.11 Å². The van der Waals surface area contributed by atoms with E-state index in [-0.39, 0.29) is 0 Å². The average Bonchev–Trinajstić information content (AvgIpc) is 2.08. The van der Waals surface area contributed by atoms with Crippen molar-refractivity contribution in [3.63, 3.8) is 0 Å². The Hall–Kier alpha value is -0.900. The number of halogens is 2. The normalized spacial score (nSPS) is 12.5. The number of carboxylic acid groups (broad SMARTS) is 1. The third-order valence-corrected chi connectivity index (χ3v) is 2.52. The van der Waals surface area contributed by atoms with Crippen LogP contribution in [0, 0.1) is 5.82 Å². The predicted octanol–water partition coefficient (Wildman–Crippen LogP) is 2.78. The van der Waals surface area contributed by atoms with Crippen LogP contribution in [0.25, 0.3) is 0 Å². The van der Waals surface area contributed by atoms with E-state index in [9.17, 15) is 9.18 Å². The molecule has 0 heterocycles. The number of hydrogen-bond acceptors (Lipinski definition) is 1. The first-order valence-electron chi connectivity index (χ1n) is 3.70. The molecule has 1 aromatic carbocycles. The van der Waals surface area contributed by atoms with Gasteiger partial charge in [-0.15, -0.1) is 0 Å². The number of aliphatic carboxylic acids is 1. The summed E-state index contributed by atoms with van der Waals surface area (Å²) in [6.07, 6.45) is 0. The van der Waals surface area contributed by atoms with Gasteiger partial charge >= 0.3 is 5.97 Å². The Morgan fingerprint density at radius 1 is 1.62 bits per heavy atom. The topological polar surface area (TPSA) is 37.3 Å². The van der Waals surface area contributed by atoms with Crippen molar-refractivity contribution in [2.45, 2.75) is 12.8 Å². The number of benzene rings is 1. The van der Waals surface area contributed by atoms with Crippen molar-refractivity contribution in [3.8, 4) is 0 Å². The van der Waals surface area contributed by atoms with Gasteiger partial charge in [-0.25, -0.2) is 4.39 Å². The van der Waals surface area contributed by atoms with Gasteiger partial charge in [0, 0.05) is 4.47 Å². The van der Waals surface area contributed by atoms with E-state index in [1.807, 2.05) is 0 Å². The van der Waals surface area contributed by atoms with Crippen LogP contribution in [0.1, 0.15) is 18.4 Å². The second kappa shape index (κ2) is 3.87. The van der Waals surface area contributed by atoms with Gasteiger partial charge in [-0.1, -0.05) is 15.9 Å². The summed E-state index contributed by atoms with van der Waals surface area (Å²) in [5.74, 6) is -2.09. The van der Waals surface area contributed by atoms with Crippen molar-refractivity contribution >= 4 is 21.9 Å². The lowest BCUT2D eigenvalue weighted by atomic mass is 10.0. The fourth-order valence-corrected chi connectivity index (χ4v) is 1.57. The third-order valence-electron chi connectivity index (χ3n) is 1.79. The number of carbonyl (C=O) groups is 1. The summed E-state index contributed by atoms with van der Waals surface area (Å²) in [6, 6.07) is 4.01. The van der Waals surface area contributed by atoms with Crippen molar-refractivity contribution in [2.75, 3.05) is 0 Å². The van der Waals surface area contributed by atoms with Crippen LogP contribution in [-0.2, 0) is 4.79 Å².